The fraction of sp³-hybridized carbons (Fsp3) is 0.269. The molecule has 0 bridgehead atoms. The van der Waals surface area contributed by atoms with Crippen LogP contribution in [-0.2, 0) is 14.6 Å². The Morgan fingerprint density at radius 2 is 1.53 bits per heavy atom. The van der Waals surface area contributed by atoms with Crippen molar-refractivity contribution in [2.45, 2.75) is 24.1 Å². The third kappa shape index (κ3) is 5.33. The molecule has 36 heavy (non-hydrogen) atoms. The summed E-state index contributed by atoms with van der Waals surface area (Å²) in [4.78, 5) is 41.9. The van der Waals surface area contributed by atoms with Gasteiger partial charge in [-0.05, 0) is 50.2 Å². The van der Waals surface area contributed by atoms with E-state index < -0.39 is 27.0 Å². The SMILES string of the molecule is Cc1ccc(S(=O)(=O)[C@H](NC(=O)c2ccco2)C(=O)N2CCN(C(=O)c3cccc(C)c3)CC2)cc1. The topological polar surface area (TPSA) is 117 Å². The van der Waals surface area contributed by atoms with Crippen LogP contribution in [0.3, 0.4) is 0 Å². The number of rotatable bonds is 6. The van der Waals surface area contributed by atoms with Gasteiger partial charge in [0.1, 0.15) is 0 Å². The Morgan fingerprint density at radius 1 is 0.861 bits per heavy atom. The van der Waals surface area contributed by atoms with Crippen molar-refractivity contribution in [2.75, 3.05) is 26.2 Å². The van der Waals surface area contributed by atoms with E-state index in [0.29, 0.717) is 5.56 Å². The van der Waals surface area contributed by atoms with E-state index in [4.69, 9.17) is 4.42 Å². The second-order valence-corrected chi connectivity index (χ2v) is 10.7. The Balaban J connectivity index is 1.53. The molecule has 0 spiro atoms. The lowest BCUT2D eigenvalue weighted by Crippen LogP contribution is -2.57. The summed E-state index contributed by atoms with van der Waals surface area (Å²) in [6, 6.07) is 16.2. The normalized spacial score (nSPS) is 14.8. The quantitative estimate of drug-likeness (QED) is 0.546. The van der Waals surface area contributed by atoms with E-state index in [-0.39, 0.29) is 42.7 Å². The van der Waals surface area contributed by atoms with Crippen LogP contribution in [-0.4, -0.2) is 67.5 Å². The maximum atomic E-state index is 13.5. The maximum absolute atomic E-state index is 13.5. The summed E-state index contributed by atoms with van der Waals surface area (Å²) in [6.45, 7) is 4.46. The molecule has 0 radical (unpaired) electrons. The van der Waals surface area contributed by atoms with Crippen molar-refractivity contribution in [1.82, 2.24) is 15.1 Å². The first-order valence-electron chi connectivity index (χ1n) is 11.5. The highest BCUT2D eigenvalue weighted by Crippen LogP contribution is 2.19. The summed E-state index contributed by atoms with van der Waals surface area (Å²) in [5.74, 6) is -1.85. The van der Waals surface area contributed by atoms with Gasteiger partial charge in [0.2, 0.25) is 15.2 Å². The maximum Gasteiger partial charge on any atom is 0.288 e. The minimum atomic E-state index is -4.28. The molecular weight excluding hydrogens is 482 g/mol. The van der Waals surface area contributed by atoms with Crippen LogP contribution in [0.15, 0.2) is 76.2 Å². The van der Waals surface area contributed by atoms with Crippen molar-refractivity contribution in [3.63, 3.8) is 0 Å². The summed E-state index contributed by atoms with van der Waals surface area (Å²) in [7, 11) is -4.28. The third-order valence-corrected chi connectivity index (χ3v) is 7.90. The lowest BCUT2D eigenvalue weighted by Gasteiger charge is -2.36. The molecule has 9 nitrogen and oxygen atoms in total. The van der Waals surface area contributed by atoms with E-state index in [1.54, 1.807) is 29.2 Å². The van der Waals surface area contributed by atoms with Crippen LogP contribution >= 0.6 is 0 Å². The number of sulfone groups is 1. The van der Waals surface area contributed by atoms with E-state index >= 15 is 0 Å². The number of furan rings is 1. The van der Waals surface area contributed by atoms with Crippen molar-refractivity contribution < 1.29 is 27.2 Å². The molecule has 4 rings (SSSR count). The average molecular weight is 510 g/mol. The zero-order valence-electron chi connectivity index (χ0n) is 20.0. The minimum absolute atomic E-state index is 0.0838. The first-order chi connectivity index (χ1) is 17.2. The van der Waals surface area contributed by atoms with Gasteiger partial charge < -0.3 is 19.5 Å². The van der Waals surface area contributed by atoms with E-state index in [0.717, 1.165) is 11.1 Å². The predicted molar refractivity (Wildman–Crippen MR) is 132 cm³/mol. The van der Waals surface area contributed by atoms with E-state index in [1.165, 1.54) is 35.4 Å². The van der Waals surface area contributed by atoms with Crippen LogP contribution in [0.25, 0.3) is 0 Å². The van der Waals surface area contributed by atoms with E-state index in [9.17, 15) is 22.8 Å². The van der Waals surface area contributed by atoms with Gasteiger partial charge in [0, 0.05) is 31.7 Å². The monoisotopic (exact) mass is 509 g/mol. The molecule has 1 saturated heterocycles. The molecule has 1 aromatic heterocycles. The zero-order chi connectivity index (χ0) is 25.9. The van der Waals surface area contributed by atoms with Gasteiger partial charge in [-0.2, -0.15) is 0 Å². The molecule has 1 atom stereocenters. The third-order valence-electron chi connectivity index (χ3n) is 6.03. The summed E-state index contributed by atoms with van der Waals surface area (Å²) < 4.78 is 32.0. The van der Waals surface area contributed by atoms with Crippen molar-refractivity contribution in [1.29, 1.82) is 0 Å². The van der Waals surface area contributed by atoms with Gasteiger partial charge in [-0.15, -0.1) is 0 Å². The van der Waals surface area contributed by atoms with Gasteiger partial charge in [0.25, 0.3) is 17.7 Å². The number of amides is 3. The van der Waals surface area contributed by atoms with Crippen LogP contribution in [0, 0.1) is 13.8 Å². The molecule has 0 unspecified atom stereocenters. The predicted octanol–water partition coefficient (Wildman–Crippen LogP) is 2.41. The van der Waals surface area contributed by atoms with Crippen molar-refractivity contribution in [2.24, 2.45) is 0 Å². The molecule has 3 aromatic rings. The van der Waals surface area contributed by atoms with E-state index in [2.05, 4.69) is 5.32 Å². The summed E-state index contributed by atoms with van der Waals surface area (Å²) >= 11 is 0. The number of nitrogens with zero attached hydrogens (tertiary/aromatic N) is 2. The Bertz CT molecular complexity index is 1360. The summed E-state index contributed by atoms with van der Waals surface area (Å²) in [5, 5.41) is 0.493. The standard InChI is InChI=1S/C26H27N3O6S/c1-18-8-10-21(11-9-18)36(33,34)24(27-23(30)22-7-4-16-35-22)26(32)29-14-12-28(13-15-29)25(31)20-6-3-5-19(2)17-20/h3-11,16-17,24H,12-15H2,1-2H3,(H,27,30)/t24-/m0/s1. The number of carbonyl (C=O) groups excluding carboxylic acids is 3. The smallest absolute Gasteiger partial charge is 0.288 e. The Labute approximate surface area is 209 Å². The molecule has 1 aliphatic heterocycles. The second-order valence-electron chi connectivity index (χ2n) is 8.68. The van der Waals surface area contributed by atoms with Gasteiger partial charge in [-0.1, -0.05) is 35.4 Å². The number of hydrogen-bond acceptors (Lipinski definition) is 6. The molecule has 2 heterocycles. The highest BCUT2D eigenvalue weighted by molar-refractivity contribution is 7.92. The lowest BCUT2D eigenvalue weighted by molar-refractivity contribution is -0.132. The molecule has 3 amide bonds. The zero-order valence-corrected chi connectivity index (χ0v) is 20.8. The number of carbonyl (C=O) groups is 3. The lowest BCUT2D eigenvalue weighted by atomic mass is 10.1. The molecular formula is C26H27N3O6S. The first-order valence-corrected chi connectivity index (χ1v) is 13.0. The fourth-order valence-electron chi connectivity index (χ4n) is 3.99. The highest BCUT2D eigenvalue weighted by Gasteiger charge is 2.40. The molecule has 188 valence electrons. The average Bonchev–Trinajstić information content (AvgIpc) is 3.42. The van der Waals surface area contributed by atoms with Crippen molar-refractivity contribution >= 4 is 27.6 Å². The van der Waals surface area contributed by atoms with Gasteiger partial charge in [0.15, 0.2) is 5.76 Å². The first kappa shape index (κ1) is 25.2. The van der Waals surface area contributed by atoms with E-state index in [1.807, 2.05) is 26.0 Å². The molecule has 1 aliphatic rings. The molecule has 1 fully saturated rings. The number of hydrogen-bond donors (Lipinski definition) is 1. The molecule has 0 saturated carbocycles. The van der Waals surface area contributed by atoms with Gasteiger partial charge in [-0.3, -0.25) is 14.4 Å². The Kier molecular flexibility index (Phi) is 7.25. The molecule has 2 aromatic carbocycles. The van der Waals surface area contributed by atoms with Crippen LogP contribution in [0.5, 0.6) is 0 Å². The summed E-state index contributed by atoms with van der Waals surface area (Å²) in [6.07, 6.45) is 1.28. The van der Waals surface area contributed by atoms with Gasteiger partial charge in [-0.25, -0.2) is 8.42 Å². The number of aryl methyl sites for hydroxylation is 2. The number of nitrogens with one attached hydrogen (secondary N) is 1. The Hall–Kier alpha value is -3.92. The molecule has 0 aliphatic carbocycles. The van der Waals surface area contributed by atoms with Crippen LogP contribution < -0.4 is 5.32 Å². The van der Waals surface area contributed by atoms with Crippen molar-refractivity contribution in [3.05, 3.63) is 89.4 Å². The van der Waals surface area contributed by atoms with Crippen LogP contribution in [0.2, 0.25) is 0 Å². The van der Waals surface area contributed by atoms with Crippen LogP contribution in [0.4, 0.5) is 0 Å². The summed E-state index contributed by atoms with van der Waals surface area (Å²) in [5.41, 5.74) is 2.37. The largest absolute Gasteiger partial charge is 0.459 e. The number of piperazine rings is 1. The van der Waals surface area contributed by atoms with Crippen LogP contribution in [0.1, 0.15) is 32.0 Å². The molecule has 1 N–H and O–H groups in total. The minimum Gasteiger partial charge on any atom is -0.459 e. The molecule has 10 heteroatoms. The Morgan fingerprint density at radius 3 is 2.14 bits per heavy atom. The number of benzene rings is 2. The second kappa shape index (κ2) is 10.4. The highest BCUT2D eigenvalue weighted by atomic mass is 32.2. The van der Waals surface area contributed by atoms with Crippen molar-refractivity contribution in [3.8, 4) is 0 Å². The van der Waals surface area contributed by atoms with Gasteiger partial charge >= 0.3 is 0 Å². The fourth-order valence-corrected chi connectivity index (χ4v) is 5.45. The van der Waals surface area contributed by atoms with Gasteiger partial charge in [0.05, 0.1) is 11.2 Å².